The van der Waals surface area contributed by atoms with Crippen LogP contribution in [0.1, 0.15) is 50.1 Å². The molecule has 0 saturated heterocycles. The first-order valence-electron chi connectivity index (χ1n) is 6.57. The highest BCUT2D eigenvalue weighted by Gasteiger charge is 2.07. The molecule has 1 aromatic rings. The first-order chi connectivity index (χ1) is 7.70. The second kappa shape index (κ2) is 6.74. The van der Waals surface area contributed by atoms with Crippen molar-refractivity contribution in [2.45, 2.75) is 60.0 Å². The lowest BCUT2D eigenvalue weighted by Gasteiger charge is -2.08. The van der Waals surface area contributed by atoms with Gasteiger partial charge in [-0.2, -0.15) is 0 Å². The Morgan fingerprint density at radius 1 is 1.19 bits per heavy atom. The monoisotopic (exact) mass is 222 g/mol. The normalized spacial score (nSPS) is 11.0. The summed E-state index contributed by atoms with van der Waals surface area (Å²) >= 11 is 0. The van der Waals surface area contributed by atoms with Crippen LogP contribution < -0.4 is 5.32 Å². The zero-order valence-corrected chi connectivity index (χ0v) is 11.3. The van der Waals surface area contributed by atoms with Gasteiger partial charge in [0.05, 0.1) is 0 Å². The van der Waals surface area contributed by atoms with E-state index >= 15 is 0 Å². The number of nitrogens with one attached hydrogen (secondary N) is 1. The Hall–Kier alpha value is -0.760. The Labute approximate surface area is 100 Å². The molecule has 0 bridgehead atoms. The van der Waals surface area contributed by atoms with Crippen molar-refractivity contribution in [2.75, 3.05) is 6.54 Å². The number of hydrogen-bond donors (Lipinski definition) is 1. The van der Waals surface area contributed by atoms with E-state index in [9.17, 15) is 0 Å². The zero-order valence-electron chi connectivity index (χ0n) is 11.3. The molecule has 0 aliphatic carbocycles. The highest BCUT2D eigenvalue weighted by Crippen LogP contribution is 2.15. The Bertz CT molecular complexity index is 313. The van der Waals surface area contributed by atoms with E-state index in [1.54, 1.807) is 0 Å². The lowest BCUT2D eigenvalue weighted by molar-refractivity contribution is 0.625. The van der Waals surface area contributed by atoms with Crippen LogP contribution in [0.15, 0.2) is 6.07 Å². The van der Waals surface area contributed by atoms with E-state index in [0.29, 0.717) is 0 Å². The Morgan fingerprint density at radius 2 is 1.94 bits per heavy atom. The predicted molar refractivity (Wildman–Crippen MR) is 70.8 cm³/mol. The molecule has 2 nitrogen and oxygen atoms in total. The number of unbranched alkanes of at least 4 members (excludes halogenated alkanes) is 1. The van der Waals surface area contributed by atoms with Crippen LogP contribution in [-0.2, 0) is 13.1 Å². The van der Waals surface area contributed by atoms with Crippen LogP contribution in [0.2, 0.25) is 0 Å². The molecule has 0 radical (unpaired) electrons. The van der Waals surface area contributed by atoms with E-state index < -0.39 is 0 Å². The Morgan fingerprint density at radius 3 is 2.56 bits per heavy atom. The minimum absolute atomic E-state index is 1.02. The summed E-state index contributed by atoms with van der Waals surface area (Å²) in [5, 5.41) is 3.51. The van der Waals surface area contributed by atoms with E-state index in [0.717, 1.165) is 19.6 Å². The van der Waals surface area contributed by atoms with E-state index in [1.165, 1.54) is 36.2 Å². The van der Waals surface area contributed by atoms with Crippen molar-refractivity contribution in [1.82, 2.24) is 9.88 Å². The number of rotatable bonds is 7. The Balaban J connectivity index is 2.56. The summed E-state index contributed by atoms with van der Waals surface area (Å²) in [6, 6.07) is 2.32. The van der Waals surface area contributed by atoms with Gasteiger partial charge in [-0.1, -0.05) is 20.3 Å². The van der Waals surface area contributed by atoms with Gasteiger partial charge in [0.25, 0.3) is 0 Å². The minimum Gasteiger partial charge on any atom is -0.349 e. The van der Waals surface area contributed by atoms with Gasteiger partial charge < -0.3 is 9.88 Å². The van der Waals surface area contributed by atoms with Crippen molar-refractivity contribution in [1.29, 1.82) is 0 Å². The fourth-order valence-electron chi connectivity index (χ4n) is 2.14. The van der Waals surface area contributed by atoms with Crippen LogP contribution >= 0.6 is 0 Å². The number of aromatic nitrogens is 1. The largest absolute Gasteiger partial charge is 0.349 e. The van der Waals surface area contributed by atoms with Gasteiger partial charge >= 0.3 is 0 Å². The van der Waals surface area contributed by atoms with Crippen molar-refractivity contribution in [3.05, 3.63) is 23.0 Å². The van der Waals surface area contributed by atoms with Gasteiger partial charge in [0.15, 0.2) is 0 Å². The van der Waals surface area contributed by atoms with E-state index in [2.05, 4.69) is 43.6 Å². The predicted octanol–water partition coefficient (Wildman–Crippen LogP) is 3.40. The first-order valence-corrected chi connectivity index (χ1v) is 6.57. The Kier molecular flexibility index (Phi) is 5.61. The van der Waals surface area contributed by atoms with Gasteiger partial charge in [0.1, 0.15) is 0 Å². The third-order valence-electron chi connectivity index (χ3n) is 3.15. The summed E-state index contributed by atoms with van der Waals surface area (Å²) in [5.74, 6) is 0. The van der Waals surface area contributed by atoms with Crippen LogP contribution in [-0.4, -0.2) is 11.1 Å². The third kappa shape index (κ3) is 3.38. The van der Waals surface area contributed by atoms with Gasteiger partial charge in [-0.3, -0.25) is 0 Å². The molecular weight excluding hydrogens is 196 g/mol. The van der Waals surface area contributed by atoms with Gasteiger partial charge in [0, 0.05) is 24.5 Å². The quantitative estimate of drug-likeness (QED) is 0.700. The van der Waals surface area contributed by atoms with Gasteiger partial charge in [-0.25, -0.2) is 0 Å². The molecule has 92 valence electrons. The van der Waals surface area contributed by atoms with Crippen molar-refractivity contribution in [2.24, 2.45) is 0 Å². The summed E-state index contributed by atoms with van der Waals surface area (Å²) in [6.07, 6.45) is 3.74. The van der Waals surface area contributed by atoms with Gasteiger partial charge in [-0.15, -0.1) is 0 Å². The molecule has 0 aromatic carbocycles. The molecule has 0 spiro atoms. The molecular formula is C14H26N2. The summed E-state index contributed by atoms with van der Waals surface area (Å²) in [4.78, 5) is 0. The van der Waals surface area contributed by atoms with Gasteiger partial charge in [-0.05, 0) is 44.9 Å². The molecule has 0 aliphatic rings. The SMILES string of the molecule is CCCCNCc1cc(C)n(CCC)c1C. The summed E-state index contributed by atoms with van der Waals surface area (Å²) in [7, 11) is 0. The van der Waals surface area contributed by atoms with Crippen LogP contribution in [0.25, 0.3) is 0 Å². The number of hydrogen-bond acceptors (Lipinski definition) is 1. The molecule has 16 heavy (non-hydrogen) atoms. The van der Waals surface area contributed by atoms with Crippen LogP contribution in [0.3, 0.4) is 0 Å². The smallest absolute Gasteiger partial charge is 0.0223 e. The number of aryl methyl sites for hydroxylation is 1. The van der Waals surface area contributed by atoms with E-state index in [1.807, 2.05) is 0 Å². The molecule has 0 amide bonds. The lowest BCUT2D eigenvalue weighted by atomic mass is 10.2. The summed E-state index contributed by atoms with van der Waals surface area (Å²) in [6.45, 7) is 12.2. The van der Waals surface area contributed by atoms with Crippen LogP contribution in [0, 0.1) is 13.8 Å². The maximum absolute atomic E-state index is 3.51. The standard InChI is InChI=1S/C14H26N2/c1-5-7-8-15-11-14-10-12(3)16(9-6-2)13(14)4/h10,15H,5-9,11H2,1-4H3. The maximum Gasteiger partial charge on any atom is 0.0223 e. The molecule has 1 rings (SSSR count). The average Bonchev–Trinajstić information content (AvgIpc) is 2.53. The van der Waals surface area contributed by atoms with Gasteiger partial charge in [0.2, 0.25) is 0 Å². The minimum atomic E-state index is 1.02. The molecule has 0 saturated carbocycles. The molecule has 1 N–H and O–H groups in total. The molecule has 1 aromatic heterocycles. The van der Waals surface area contributed by atoms with Crippen molar-refractivity contribution in [3.63, 3.8) is 0 Å². The first kappa shape index (κ1) is 13.3. The third-order valence-corrected chi connectivity index (χ3v) is 3.15. The summed E-state index contributed by atoms with van der Waals surface area (Å²) < 4.78 is 2.43. The molecule has 0 aliphatic heterocycles. The van der Waals surface area contributed by atoms with E-state index in [4.69, 9.17) is 0 Å². The lowest BCUT2D eigenvalue weighted by Crippen LogP contribution is -2.15. The van der Waals surface area contributed by atoms with Crippen LogP contribution in [0.5, 0.6) is 0 Å². The maximum atomic E-state index is 3.51. The second-order valence-electron chi connectivity index (χ2n) is 4.58. The molecule has 1 heterocycles. The fourth-order valence-corrected chi connectivity index (χ4v) is 2.14. The highest BCUT2D eigenvalue weighted by atomic mass is 15.0. The van der Waals surface area contributed by atoms with Crippen molar-refractivity contribution < 1.29 is 0 Å². The second-order valence-corrected chi connectivity index (χ2v) is 4.58. The topological polar surface area (TPSA) is 17.0 Å². The average molecular weight is 222 g/mol. The molecule has 0 fully saturated rings. The van der Waals surface area contributed by atoms with Crippen molar-refractivity contribution in [3.8, 4) is 0 Å². The highest BCUT2D eigenvalue weighted by molar-refractivity contribution is 5.26. The summed E-state index contributed by atoms with van der Waals surface area (Å²) in [5.41, 5.74) is 4.29. The number of nitrogens with zero attached hydrogens (tertiary/aromatic N) is 1. The van der Waals surface area contributed by atoms with E-state index in [-0.39, 0.29) is 0 Å². The van der Waals surface area contributed by atoms with Crippen LogP contribution in [0.4, 0.5) is 0 Å². The zero-order chi connectivity index (χ0) is 12.0. The van der Waals surface area contributed by atoms with Crippen molar-refractivity contribution >= 4 is 0 Å². The molecule has 2 heteroatoms. The fraction of sp³-hybridized carbons (Fsp3) is 0.714. The molecule has 0 unspecified atom stereocenters. The molecule has 0 atom stereocenters.